The fraction of sp³-hybridized carbons (Fsp3) is 0.222. The van der Waals surface area contributed by atoms with Gasteiger partial charge in [0, 0.05) is 46.9 Å². The number of carbonyl (C=O) groups excluding carboxylic acids is 1. The third kappa shape index (κ3) is 2.68. The van der Waals surface area contributed by atoms with Crippen LogP contribution in [-0.2, 0) is 0 Å². The molecule has 1 fully saturated rings. The number of fused-ring (bicyclic) bond motifs is 1. The van der Waals surface area contributed by atoms with Gasteiger partial charge in [0.2, 0.25) is 0 Å². The molecule has 2 aromatic heterocycles. The number of benzene rings is 1. The normalized spacial score (nSPS) is 20.4. The van der Waals surface area contributed by atoms with E-state index in [1.54, 1.807) is 31.3 Å². The molecule has 0 spiro atoms. The van der Waals surface area contributed by atoms with Crippen molar-refractivity contribution in [1.29, 1.82) is 0 Å². The van der Waals surface area contributed by atoms with Gasteiger partial charge in [0.25, 0.3) is 0 Å². The van der Waals surface area contributed by atoms with Crippen LogP contribution in [0.2, 0.25) is 0 Å². The monoisotopic (exact) mass is 339 g/mol. The second kappa shape index (κ2) is 6.30. The predicted molar refractivity (Wildman–Crippen MR) is 95.5 cm³/mol. The van der Waals surface area contributed by atoms with E-state index in [1.807, 2.05) is 36.5 Å². The average molecular weight is 339 g/mol. The van der Waals surface area contributed by atoms with Crippen LogP contribution in [0, 0.1) is 0 Å². The van der Waals surface area contributed by atoms with E-state index in [0.29, 0.717) is 0 Å². The molecule has 0 saturated carbocycles. The van der Waals surface area contributed by atoms with Crippen molar-refractivity contribution in [2.24, 2.45) is 0 Å². The summed E-state index contributed by atoms with van der Waals surface area (Å²) in [4.78, 5) is 20.2. The van der Waals surface area contributed by atoms with Gasteiger partial charge in [0.1, 0.15) is 5.75 Å². The van der Waals surface area contributed by atoms with E-state index in [0.717, 1.165) is 33.5 Å². The van der Waals surface area contributed by atoms with Crippen molar-refractivity contribution < 1.29 is 9.53 Å². The Labute approximate surface area is 143 Å². The second-order valence-electron chi connectivity index (χ2n) is 5.70. The number of Topliss-reactive ketones (excluding diaryl/α,β-unsaturated/α-hetero) is 1. The van der Waals surface area contributed by atoms with Gasteiger partial charge in [-0.05, 0) is 23.8 Å². The zero-order chi connectivity index (χ0) is 16.5. The number of aromatic amines is 1. The lowest BCUT2D eigenvalue weighted by atomic mass is 10.0. The number of nitrogens with zero attached hydrogens (tertiary/aromatic N) is 1. The number of aromatic nitrogens is 2. The SMILES string of the molecule is COc1ccc2c(C(=O)[C@@H]3CS[C@H](c4cccnc4)N3)c[nH]c2c1. The third-order valence-electron chi connectivity index (χ3n) is 4.24. The smallest absolute Gasteiger partial charge is 0.182 e. The molecule has 5 nitrogen and oxygen atoms in total. The van der Waals surface area contributed by atoms with Crippen LogP contribution in [-0.4, -0.2) is 34.7 Å². The van der Waals surface area contributed by atoms with E-state index in [-0.39, 0.29) is 17.2 Å². The summed E-state index contributed by atoms with van der Waals surface area (Å²) in [5, 5.41) is 4.45. The molecule has 1 aromatic carbocycles. The van der Waals surface area contributed by atoms with Crippen molar-refractivity contribution in [1.82, 2.24) is 15.3 Å². The largest absolute Gasteiger partial charge is 0.497 e. The first-order valence-electron chi connectivity index (χ1n) is 7.73. The second-order valence-corrected chi connectivity index (χ2v) is 6.84. The van der Waals surface area contributed by atoms with Gasteiger partial charge in [-0.3, -0.25) is 15.1 Å². The van der Waals surface area contributed by atoms with E-state index in [2.05, 4.69) is 15.3 Å². The Bertz CT molecular complexity index is 878. The van der Waals surface area contributed by atoms with Crippen LogP contribution in [0.5, 0.6) is 5.75 Å². The lowest BCUT2D eigenvalue weighted by molar-refractivity contribution is 0.0957. The van der Waals surface area contributed by atoms with Gasteiger partial charge >= 0.3 is 0 Å². The summed E-state index contributed by atoms with van der Waals surface area (Å²) in [6.45, 7) is 0. The first-order chi connectivity index (χ1) is 11.8. The van der Waals surface area contributed by atoms with Crippen LogP contribution in [0.3, 0.4) is 0 Å². The minimum atomic E-state index is -0.193. The minimum Gasteiger partial charge on any atom is -0.497 e. The number of pyridine rings is 1. The van der Waals surface area contributed by atoms with Crippen molar-refractivity contribution in [3.63, 3.8) is 0 Å². The number of methoxy groups -OCH3 is 1. The summed E-state index contributed by atoms with van der Waals surface area (Å²) in [6, 6.07) is 9.46. The van der Waals surface area contributed by atoms with Gasteiger partial charge in [0.15, 0.2) is 5.78 Å². The molecule has 2 atom stereocenters. The molecule has 0 bridgehead atoms. The van der Waals surface area contributed by atoms with Crippen molar-refractivity contribution >= 4 is 28.4 Å². The minimum absolute atomic E-state index is 0.109. The Morgan fingerprint density at radius 2 is 2.29 bits per heavy atom. The number of nitrogens with one attached hydrogen (secondary N) is 2. The summed E-state index contributed by atoms with van der Waals surface area (Å²) in [5.41, 5.74) is 2.73. The van der Waals surface area contributed by atoms with Crippen LogP contribution in [0.1, 0.15) is 21.3 Å². The van der Waals surface area contributed by atoms with E-state index in [1.165, 1.54) is 0 Å². The number of hydrogen-bond acceptors (Lipinski definition) is 5. The molecule has 1 aliphatic heterocycles. The topological polar surface area (TPSA) is 67.0 Å². The highest BCUT2D eigenvalue weighted by atomic mass is 32.2. The molecule has 122 valence electrons. The Morgan fingerprint density at radius 3 is 3.08 bits per heavy atom. The number of rotatable bonds is 4. The first kappa shape index (κ1) is 15.2. The fourth-order valence-electron chi connectivity index (χ4n) is 2.97. The van der Waals surface area contributed by atoms with Gasteiger partial charge in [-0.2, -0.15) is 0 Å². The van der Waals surface area contributed by atoms with Crippen molar-refractivity contribution in [2.45, 2.75) is 11.4 Å². The molecule has 4 rings (SSSR count). The maximum atomic E-state index is 12.9. The number of ether oxygens (including phenoxy) is 1. The molecule has 0 radical (unpaired) electrons. The summed E-state index contributed by atoms with van der Waals surface area (Å²) >= 11 is 1.74. The van der Waals surface area contributed by atoms with Crippen molar-refractivity contribution in [3.05, 3.63) is 60.0 Å². The summed E-state index contributed by atoms with van der Waals surface area (Å²) in [7, 11) is 1.63. The molecule has 0 unspecified atom stereocenters. The molecule has 3 heterocycles. The molecular weight excluding hydrogens is 322 g/mol. The maximum Gasteiger partial charge on any atom is 0.182 e. The van der Waals surface area contributed by atoms with Gasteiger partial charge in [-0.25, -0.2) is 0 Å². The average Bonchev–Trinajstić information content (AvgIpc) is 3.28. The van der Waals surface area contributed by atoms with Crippen LogP contribution < -0.4 is 10.1 Å². The molecule has 1 aliphatic rings. The molecule has 3 aromatic rings. The Morgan fingerprint density at radius 1 is 1.38 bits per heavy atom. The third-order valence-corrected chi connectivity index (χ3v) is 5.51. The summed E-state index contributed by atoms with van der Waals surface area (Å²) in [6.07, 6.45) is 5.39. The summed E-state index contributed by atoms with van der Waals surface area (Å²) in [5.74, 6) is 1.64. The molecule has 2 N–H and O–H groups in total. The zero-order valence-corrected chi connectivity index (χ0v) is 14.0. The Balaban J connectivity index is 1.56. The zero-order valence-electron chi connectivity index (χ0n) is 13.2. The Hall–Kier alpha value is -2.31. The van der Waals surface area contributed by atoms with Gasteiger partial charge in [-0.1, -0.05) is 6.07 Å². The van der Waals surface area contributed by atoms with E-state index >= 15 is 0 Å². The standard InChI is InChI=1S/C18H17N3O2S/c1-23-12-4-5-13-14(9-20-15(13)7-12)17(22)16-10-24-18(21-16)11-3-2-6-19-8-11/h2-9,16,18,20-21H,10H2,1H3/t16-,18+/m0/s1. The van der Waals surface area contributed by atoms with E-state index in [9.17, 15) is 4.79 Å². The maximum absolute atomic E-state index is 12.9. The predicted octanol–water partition coefficient (Wildman–Crippen LogP) is 3.16. The number of carbonyl (C=O) groups is 1. The highest BCUT2D eigenvalue weighted by molar-refractivity contribution is 7.99. The lowest BCUT2D eigenvalue weighted by Gasteiger charge is -2.12. The molecule has 0 amide bonds. The number of thioether (sulfide) groups is 1. The van der Waals surface area contributed by atoms with Crippen LogP contribution in [0.4, 0.5) is 0 Å². The van der Waals surface area contributed by atoms with E-state index in [4.69, 9.17) is 4.74 Å². The van der Waals surface area contributed by atoms with Crippen molar-refractivity contribution in [2.75, 3.05) is 12.9 Å². The fourth-order valence-corrected chi connectivity index (χ4v) is 4.20. The Kier molecular flexibility index (Phi) is 4.00. The molecule has 1 saturated heterocycles. The van der Waals surface area contributed by atoms with Gasteiger partial charge < -0.3 is 9.72 Å². The highest BCUT2D eigenvalue weighted by Gasteiger charge is 2.32. The number of ketones is 1. The van der Waals surface area contributed by atoms with Crippen LogP contribution in [0.25, 0.3) is 10.9 Å². The quantitative estimate of drug-likeness (QED) is 0.715. The summed E-state index contributed by atoms with van der Waals surface area (Å²) < 4.78 is 5.23. The molecular formula is C18H17N3O2S. The van der Waals surface area contributed by atoms with Gasteiger partial charge in [-0.15, -0.1) is 11.8 Å². The van der Waals surface area contributed by atoms with Crippen LogP contribution >= 0.6 is 11.8 Å². The van der Waals surface area contributed by atoms with Gasteiger partial charge in [0.05, 0.1) is 18.5 Å². The van der Waals surface area contributed by atoms with E-state index < -0.39 is 0 Å². The highest BCUT2D eigenvalue weighted by Crippen LogP contribution is 2.34. The number of H-pyrrole nitrogens is 1. The van der Waals surface area contributed by atoms with Crippen LogP contribution in [0.15, 0.2) is 48.9 Å². The molecule has 24 heavy (non-hydrogen) atoms. The number of hydrogen-bond donors (Lipinski definition) is 2. The van der Waals surface area contributed by atoms with Crippen molar-refractivity contribution in [3.8, 4) is 5.75 Å². The first-order valence-corrected chi connectivity index (χ1v) is 8.78. The lowest BCUT2D eigenvalue weighted by Crippen LogP contribution is -2.34. The molecule has 6 heteroatoms. The molecule has 0 aliphatic carbocycles.